The molecule has 0 aromatic heterocycles. The summed E-state index contributed by atoms with van der Waals surface area (Å²) in [6.45, 7) is 1.86. The number of benzene rings is 2. The summed E-state index contributed by atoms with van der Waals surface area (Å²) >= 11 is 0. The predicted molar refractivity (Wildman–Crippen MR) is 82.4 cm³/mol. The van der Waals surface area contributed by atoms with Crippen LogP contribution in [0.25, 0.3) is 0 Å². The van der Waals surface area contributed by atoms with Crippen molar-refractivity contribution in [1.29, 1.82) is 0 Å². The summed E-state index contributed by atoms with van der Waals surface area (Å²) in [6.07, 6.45) is 0.322. The number of anilines is 1. The Morgan fingerprint density at radius 3 is 2.71 bits per heavy atom. The van der Waals surface area contributed by atoms with Gasteiger partial charge in [-0.15, -0.1) is 0 Å². The summed E-state index contributed by atoms with van der Waals surface area (Å²) in [5.41, 5.74) is 3.40. The molecule has 2 aromatic rings. The van der Waals surface area contributed by atoms with Crippen molar-refractivity contribution in [2.24, 2.45) is 0 Å². The van der Waals surface area contributed by atoms with Crippen LogP contribution in [0.3, 0.4) is 0 Å². The average molecular weight is 285 g/mol. The molecule has 0 saturated heterocycles. The maximum atomic E-state index is 12.0. The second-order valence-corrected chi connectivity index (χ2v) is 4.90. The Kier molecular flexibility index (Phi) is 4.95. The monoisotopic (exact) mass is 285 g/mol. The van der Waals surface area contributed by atoms with Gasteiger partial charge in [0.1, 0.15) is 5.75 Å². The van der Waals surface area contributed by atoms with E-state index >= 15 is 0 Å². The minimum absolute atomic E-state index is 0.0883. The van der Waals surface area contributed by atoms with Crippen LogP contribution < -0.4 is 10.1 Å². The Labute approximate surface area is 124 Å². The molecular weight excluding hydrogens is 266 g/mol. The van der Waals surface area contributed by atoms with Gasteiger partial charge >= 0.3 is 0 Å². The number of hydrogen-bond donors (Lipinski definition) is 2. The highest BCUT2D eigenvalue weighted by atomic mass is 16.5. The average Bonchev–Trinajstić information content (AvgIpc) is 2.47. The fourth-order valence-corrected chi connectivity index (χ4v) is 2.19. The molecule has 110 valence electrons. The van der Waals surface area contributed by atoms with Crippen molar-refractivity contribution in [1.82, 2.24) is 0 Å². The van der Waals surface area contributed by atoms with Gasteiger partial charge in [-0.2, -0.15) is 0 Å². The number of methoxy groups -OCH3 is 1. The number of rotatable bonds is 5. The van der Waals surface area contributed by atoms with Crippen LogP contribution >= 0.6 is 0 Å². The highest BCUT2D eigenvalue weighted by Gasteiger charge is 2.07. The molecule has 2 aromatic carbocycles. The largest absolute Gasteiger partial charge is 0.496 e. The van der Waals surface area contributed by atoms with Gasteiger partial charge in [0.25, 0.3) is 0 Å². The Morgan fingerprint density at radius 2 is 2.05 bits per heavy atom. The second-order valence-electron chi connectivity index (χ2n) is 4.90. The minimum Gasteiger partial charge on any atom is -0.496 e. The first-order valence-electron chi connectivity index (χ1n) is 6.75. The third-order valence-corrected chi connectivity index (χ3v) is 3.18. The van der Waals surface area contributed by atoms with Crippen molar-refractivity contribution in [2.75, 3.05) is 12.4 Å². The van der Waals surface area contributed by atoms with E-state index in [4.69, 9.17) is 4.74 Å². The molecule has 0 unspecified atom stereocenters. The van der Waals surface area contributed by atoms with Crippen molar-refractivity contribution in [2.45, 2.75) is 20.0 Å². The first-order chi connectivity index (χ1) is 10.1. The Bertz CT molecular complexity index is 638. The normalized spacial score (nSPS) is 10.2. The van der Waals surface area contributed by atoms with E-state index in [2.05, 4.69) is 5.32 Å². The lowest BCUT2D eigenvalue weighted by molar-refractivity contribution is -0.115. The van der Waals surface area contributed by atoms with Gasteiger partial charge in [0.15, 0.2) is 0 Å². The second kappa shape index (κ2) is 6.90. The van der Waals surface area contributed by atoms with E-state index in [1.807, 2.05) is 31.2 Å². The maximum Gasteiger partial charge on any atom is 0.228 e. The van der Waals surface area contributed by atoms with E-state index in [0.717, 1.165) is 11.1 Å². The summed E-state index contributed by atoms with van der Waals surface area (Å²) < 4.78 is 5.13. The Balaban J connectivity index is 2.06. The molecule has 0 saturated carbocycles. The van der Waals surface area contributed by atoms with Gasteiger partial charge in [0.05, 0.1) is 20.1 Å². The zero-order valence-corrected chi connectivity index (χ0v) is 12.2. The number of aliphatic hydroxyl groups is 1. The molecule has 0 spiro atoms. The van der Waals surface area contributed by atoms with Crippen LogP contribution in [-0.2, 0) is 17.8 Å². The zero-order valence-electron chi connectivity index (χ0n) is 12.2. The van der Waals surface area contributed by atoms with Gasteiger partial charge in [0, 0.05) is 11.3 Å². The van der Waals surface area contributed by atoms with E-state index in [1.54, 1.807) is 25.3 Å². The molecule has 0 radical (unpaired) electrons. The number of hydrogen-bond acceptors (Lipinski definition) is 3. The van der Waals surface area contributed by atoms with Crippen LogP contribution in [0.1, 0.15) is 16.7 Å². The Hall–Kier alpha value is -2.33. The third kappa shape index (κ3) is 4.07. The molecule has 1 amide bonds. The smallest absolute Gasteiger partial charge is 0.228 e. The molecule has 0 aliphatic rings. The molecule has 0 fully saturated rings. The fraction of sp³-hybridized carbons (Fsp3) is 0.235. The number of amides is 1. The summed E-state index contributed by atoms with van der Waals surface area (Å²) in [5, 5.41) is 12.1. The van der Waals surface area contributed by atoms with Crippen LogP contribution in [-0.4, -0.2) is 18.1 Å². The number of nitrogens with one attached hydrogen (secondary N) is 1. The minimum atomic E-state index is -0.134. The van der Waals surface area contributed by atoms with Crippen molar-refractivity contribution >= 4 is 11.6 Å². The van der Waals surface area contributed by atoms with Crippen molar-refractivity contribution in [3.05, 3.63) is 59.2 Å². The number of aliphatic hydroxyl groups excluding tert-OH is 1. The Morgan fingerprint density at radius 1 is 1.24 bits per heavy atom. The van der Waals surface area contributed by atoms with Gasteiger partial charge in [-0.25, -0.2) is 0 Å². The van der Waals surface area contributed by atoms with E-state index < -0.39 is 0 Å². The lowest BCUT2D eigenvalue weighted by Crippen LogP contribution is -2.14. The van der Waals surface area contributed by atoms with Crippen LogP contribution in [0.15, 0.2) is 42.5 Å². The van der Waals surface area contributed by atoms with Crippen LogP contribution in [0.4, 0.5) is 5.69 Å². The summed E-state index contributed by atoms with van der Waals surface area (Å²) in [6, 6.07) is 13.1. The highest BCUT2D eigenvalue weighted by molar-refractivity contribution is 5.92. The molecular formula is C17H19NO3. The first kappa shape index (κ1) is 15.1. The van der Waals surface area contributed by atoms with Crippen LogP contribution in [0.5, 0.6) is 5.75 Å². The number of aryl methyl sites for hydroxylation is 1. The molecule has 0 aliphatic heterocycles. The molecule has 0 atom stereocenters. The van der Waals surface area contributed by atoms with Crippen molar-refractivity contribution in [3.63, 3.8) is 0 Å². The third-order valence-electron chi connectivity index (χ3n) is 3.18. The number of ether oxygens (including phenoxy) is 1. The molecule has 21 heavy (non-hydrogen) atoms. The lowest BCUT2D eigenvalue weighted by Gasteiger charge is -2.10. The standard InChI is InChI=1S/C17H19NO3/c1-12-4-3-5-13(8-12)9-17(20)18-15-6-7-16(21-2)14(10-15)11-19/h3-8,10,19H,9,11H2,1-2H3,(H,18,20). The van der Waals surface area contributed by atoms with Gasteiger partial charge < -0.3 is 15.2 Å². The van der Waals surface area contributed by atoms with Gasteiger partial charge in [-0.05, 0) is 30.7 Å². The van der Waals surface area contributed by atoms with Crippen LogP contribution in [0.2, 0.25) is 0 Å². The SMILES string of the molecule is COc1ccc(NC(=O)Cc2cccc(C)c2)cc1CO. The maximum absolute atomic E-state index is 12.0. The molecule has 2 rings (SSSR count). The highest BCUT2D eigenvalue weighted by Crippen LogP contribution is 2.22. The van der Waals surface area contributed by atoms with Gasteiger partial charge in [0.2, 0.25) is 5.91 Å². The molecule has 0 heterocycles. The summed E-state index contributed by atoms with van der Waals surface area (Å²) in [4.78, 5) is 12.0. The number of carbonyl (C=O) groups is 1. The van der Waals surface area contributed by atoms with E-state index in [9.17, 15) is 9.90 Å². The zero-order chi connectivity index (χ0) is 15.2. The predicted octanol–water partition coefficient (Wildman–Crippen LogP) is 2.68. The molecule has 2 N–H and O–H groups in total. The van der Waals surface area contributed by atoms with Gasteiger partial charge in [-0.1, -0.05) is 29.8 Å². The molecule has 4 heteroatoms. The topological polar surface area (TPSA) is 58.6 Å². The fourth-order valence-electron chi connectivity index (χ4n) is 2.19. The number of carbonyl (C=O) groups excluding carboxylic acids is 1. The van der Waals surface area contributed by atoms with Crippen molar-refractivity contribution < 1.29 is 14.6 Å². The molecule has 0 aliphatic carbocycles. The molecule has 0 bridgehead atoms. The van der Waals surface area contributed by atoms with E-state index in [0.29, 0.717) is 23.4 Å². The van der Waals surface area contributed by atoms with Gasteiger partial charge in [-0.3, -0.25) is 4.79 Å². The summed E-state index contributed by atoms with van der Waals surface area (Å²) in [5.74, 6) is 0.517. The van der Waals surface area contributed by atoms with Crippen LogP contribution in [0, 0.1) is 6.92 Å². The van der Waals surface area contributed by atoms with E-state index in [-0.39, 0.29) is 12.5 Å². The van der Waals surface area contributed by atoms with Crippen molar-refractivity contribution in [3.8, 4) is 5.75 Å². The quantitative estimate of drug-likeness (QED) is 0.888. The molecule has 4 nitrogen and oxygen atoms in total. The summed E-state index contributed by atoms with van der Waals surface area (Å²) in [7, 11) is 1.55. The first-order valence-corrected chi connectivity index (χ1v) is 6.75. The lowest BCUT2D eigenvalue weighted by atomic mass is 10.1. The van der Waals surface area contributed by atoms with E-state index in [1.165, 1.54) is 0 Å².